The molecule has 2 rings (SSSR count). The molecule has 4 heteroatoms. The maximum atomic E-state index is 13.3. The smallest absolute Gasteiger partial charge is 0.128 e. The summed E-state index contributed by atoms with van der Waals surface area (Å²) in [6.07, 6.45) is 1.74. The van der Waals surface area contributed by atoms with E-state index in [1.165, 1.54) is 6.07 Å². The topological polar surface area (TPSA) is 24.9 Å². The third-order valence-corrected chi connectivity index (χ3v) is 2.90. The molecule has 0 aliphatic heterocycles. The van der Waals surface area contributed by atoms with E-state index in [2.05, 4.69) is 26.2 Å². The Morgan fingerprint density at radius 3 is 2.76 bits per heavy atom. The molecule has 0 radical (unpaired) electrons. The predicted molar refractivity (Wildman–Crippen MR) is 70.4 cm³/mol. The van der Waals surface area contributed by atoms with Crippen molar-refractivity contribution in [3.8, 4) is 0 Å². The van der Waals surface area contributed by atoms with Gasteiger partial charge >= 0.3 is 0 Å². The van der Waals surface area contributed by atoms with E-state index >= 15 is 0 Å². The summed E-state index contributed by atoms with van der Waals surface area (Å²) in [5.41, 5.74) is 2.32. The third kappa shape index (κ3) is 3.27. The largest absolute Gasteiger partial charge is 0.379 e. The van der Waals surface area contributed by atoms with Gasteiger partial charge in [-0.25, -0.2) is 4.39 Å². The van der Waals surface area contributed by atoms with Gasteiger partial charge in [-0.05, 0) is 52.7 Å². The van der Waals surface area contributed by atoms with Crippen molar-refractivity contribution in [3.63, 3.8) is 0 Å². The lowest BCUT2D eigenvalue weighted by Gasteiger charge is -2.07. The number of benzene rings is 1. The third-order valence-electron chi connectivity index (χ3n) is 2.43. The van der Waals surface area contributed by atoms with Crippen molar-refractivity contribution < 1.29 is 4.39 Å². The zero-order valence-corrected chi connectivity index (χ0v) is 11.0. The second-order valence-electron chi connectivity index (χ2n) is 3.79. The summed E-state index contributed by atoms with van der Waals surface area (Å²) in [4.78, 5) is 4.23. The SMILES string of the molecule is Cc1ccc(NCc2ccc(Br)cn2)cc1F. The molecular formula is C13H12BrFN2. The second-order valence-corrected chi connectivity index (χ2v) is 4.70. The fourth-order valence-corrected chi connectivity index (χ4v) is 1.64. The van der Waals surface area contributed by atoms with Crippen LogP contribution in [0.3, 0.4) is 0 Å². The molecule has 2 aromatic rings. The number of halogens is 2. The van der Waals surface area contributed by atoms with Gasteiger partial charge in [-0.1, -0.05) is 6.07 Å². The van der Waals surface area contributed by atoms with Gasteiger partial charge in [-0.15, -0.1) is 0 Å². The molecule has 0 atom stereocenters. The summed E-state index contributed by atoms with van der Waals surface area (Å²) >= 11 is 3.33. The van der Waals surface area contributed by atoms with E-state index in [0.717, 1.165) is 15.9 Å². The van der Waals surface area contributed by atoms with E-state index in [1.54, 1.807) is 19.2 Å². The van der Waals surface area contributed by atoms with E-state index in [4.69, 9.17) is 0 Å². The number of pyridine rings is 1. The molecule has 0 unspecified atom stereocenters. The molecule has 2 nitrogen and oxygen atoms in total. The monoisotopic (exact) mass is 294 g/mol. The van der Waals surface area contributed by atoms with Crippen LogP contribution < -0.4 is 5.32 Å². The Bertz CT molecular complexity index is 511. The zero-order chi connectivity index (χ0) is 12.3. The van der Waals surface area contributed by atoms with Gasteiger partial charge < -0.3 is 5.32 Å². The Labute approximate surface area is 108 Å². The van der Waals surface area contributed by atoms with Crippen LogP contribution in [-0.2, 0) is 6.54 Å². The molecule has 1 aromatic heterocycles. The van der Waals surface area contributed by atoms with Gasteiger partial charge in [-0.3, -0.25) is 4.98 Å². The van der Waals surface area contributed by atoms with Crippen molar-refractivity contribution in [3.05, 3.63) is 58.1 Å². The van der Waals surface area contributed by atoms with Gasteiger partial charge in [-0.2, -0.15) is 0 Å². The quantitative estimate of drug-likeness (QED) is 0.928. The van der Waals surface area contributed by atoms with Crippen molar-refractivity contribution >= 4 is 21.6 Å². The number of nitrogens with one attached hydrogen (secondary N) is 1. The fourth-order valence-electron chi connectivity index (χ4n) is 1.41. The Hall–Kier alpha value is -1.42. The van der Waals surface area contributed by atoms with Crippen molar-refractivity contribution in [1.29, 1.82) is 0 Å². The average molecular weight is 295 g/mol. The fraction of sp³-hybridized carbons (Fsp3) is 0.154. The van der Waals surface area contributed by atoms with Crippen LogP contribution in [0.2, 0.25) is 0 Å². The maximum absolute atomic E-state index is 13.3. The van der Waals surface area contributed by atoms with E-state index in [-0.39, 0.29) is 5.82 Å². The highest BCUT2D eigenvalue weighted by molar-refractivity contribution is 9.10. The summed E-state index contributed by atoms with van der Waals surface area (Å²) < 4.78 is 14.2. The second kappa shape index (κ2) is 5.27. The van der Waals surface area contributed by atoms with Gasteiger partial charge in [0.25, 0.3) is 0 Å². The Kier molecular flexibility index (Phi) is 3.74. The van der Waals surface area contributed by atoms with Crippen LogP contribution in [0.4, 0.5) is 10.1 Å². The molecule has 0 fully saturated rings. The van der Waals surface area contributed by atoms with Crippen LogP contribution in [0.5, 0.6) is 0 Å². The first kappa shape index (κ1) is 12.0. The average Bonchev–Trinajstić information content (AvgIpc) is 2.33. The van der Waals surface area contributed by atoms with E-state index in [0.29, 0.717) is 12.1 Å². The number of anilines is 1. The van der Waals surface area contributed by atoms with Gasteiger partial charge in [0.15, 0.2) is 0 Å². The molecule has 0 aliphatic carbocycles. The molecule has 0 spiro atoms. The molecule has 0 amide bonds. The highest BCUT2D eigenvalue weighted by atomic mass is 79.9. The molecule has 0 saturated carbocycles. The van der Waals surface area contributed by atoms with Crippen LogP contribution in [0.15, 0.2) is 41.0 Å². The number of hydrogen-bond donors (Lipinski definition) is 1. The zero-order valence-electron chi connectivity index (χ0n) is 9.37. The van der Waals surface area contributed by atoms with Crippen molar-refractivity contribution in [2.45, 2.75) is 13.5 Å². The normalized spacial score (nSPS) is 10.3. The summed E-state index contributed by atoms with van der Waals surface area (Å²) in [7, 11) is 0. The molecule has 88 valence electrons. The van der Waals surface area contributed by atoms with Gasteiger partial charge in [0.2, 0.25) is 0 Å². The Morgan fingerprint density at radius 1 is 1.29 bits per heavy atom. The minimum absolute atomic E-state index is 0.196. The van der Waals surface area contributed by atoms with Crippen LogP contribution >= 0.6 is 15.9 Å². The number of aryl methyl sites for hydroxylation is 1. The minimum Gasteiger partial charge on any atom is -0.379 e. The molecule has 1 heterocycles. The first-order valence-corrected chi connectivity index (χ1v) is 6.05. The van der Waals surface area contributed by atoms with E-state index in [1.807, 2.05) is 18.2 Å². The first-order valence-electron chi connectivity index (χ1n) is 5.25. The summed E-state index contributed by atoms with van der Waals surface area (Å²) in [5.74, 6) is -0.196. The number of hydrogen-bond acceptors (Lipinski definition) is 2. The van der Waals surface area contributed by atoms with Crippen LogP contribution in [0, 0.1) is 12.7 Å². The van der Waals surface area contributed by atoms with E-state index in [9.17, 15) is 4.39 Å². The standard InChI is InChI=1S/C13H12BrFN2/c1-9-2-4-11(6-13(9)15)17-8-12-5-3-10(14)7-16-12/h2-7,17H,8H2,1H3. The Balaban J connectivity index is 2.02. The minimum atomic E-state index is -0.196. The van der Waals surface area contributed by atoms with Gasteiger partial charge in [0, 0.05) is 16.4 Å². The molecule has 1 N–H and O–H groups in total. The summed E-state index contributed by atoms with van der Waals surface area (Å²) in [5, 5.41) is 3.13. The lowest BCUT2D eigenvalue weighted by molar-refractivity contribution is 0.619. The lowest BCUT2D eigenvalue weighted by Crippen LogP contribution is -2.01. The first-order chi connectivity index (χ1) is 8.15. The molecular weight excluding hydrogens is 283 g/mol. The number of nitrogens with zero attached hydrogens (tertiary/aromatic N) is 1. The predicted octanol–water partition coefficient (Wildman–Crippen LogP) is 3.90. The Morgan fingerprint density at radius 2 is 2.12 bits per heavy atom. The summed E-state index contributed by atoms with van der Waals surface area (Å²) in [6.45, 7) is 2.32. The molecule has 0 saturated heterocycles. The molecule has 1 aromatic carbocycles. The molecule has 0 bridgehead atoms. The van der Waals surface area contributed by atoms with Crippen molar-refractivity contribution in [2.24, 2.45) is 0 Å². The number of aromatic nitrogens is 1. The molecule has 0 aliphatic rings. The maximum Gasteiger partial charge on any atom is 0.128 e. The van der Waals surface area contributed by atoms with Crippen molar-refractivity contribution in [2.75, 3.05) is 5.32 Å². The van der Waals surface area contributed by atoms with Crippen molar-refractivity contribution in [1.82, 2.24) is 4.98 Å². The number of rotatable bonds is 3. The lowest BCUT2D eigenvalue weighted by atomic mass is 10.2. The highest BCUT2D eigenvalue weighted by Crippen LogP contribution is 2.14. The van der Waals surface area contributed by atoms with Crippen LogP contribution in [0.25, 0.3) is 0 Å². The van der Waals surface area contributed by atoms with Crippen LogP contribution in [-0.4, -0.2) is 4.98 Å². The summed E-state index contributed by atoms with van der Waals surface area (Å²) in [6, 6.07) is 8.96. The van der Waals surface area contributed by atoms with Crippen LogP contribution in [0.1, 0.15) is 11.3 Å². The molecule has 17 heavy (non-hydrogen) atoms. The van der Waals surface area contributed by atoms with Gasteiger partial charge in [0.1, 0.15) is 5.82 Å². The van der Waals surface area contributed by atoms with E-state index < -0.39 is 0 Å². The highest BCUT2D eigenvalue weighted by Gasteiger charge is 1.99. The van der Waals surface area contributed by atoms with Gasteiger partial charge in [0.05, 0.1) is 12.2 Å².